The molecule has 32 heavy (non-hydrogen) atoms. The molecule has 182 valence electrons. The van der Waals surface area contributed by atoms with Crippen molar-refractivity contribution >= 4 is 57.0 Å². The van der Waals surface area contributed by atoms with Crippen LogP contribution in [-0.2, 0) is 4.74 Å². The number of hydrogen-bond donors (Lipinski definition) is 0. The van der Waals surface area contributed by atoms with E-state index in [0.29, 0.717) is 22.8 Å². The van der Waals surface area contributed by atoms with Crippen LogP contribution in [-0.4, -0.2) is 11.9 Å². The van der Waals surface area contributed by atoms with Crippen LogP contribution < -0.4 is 0 Å². The summed E-state index contributed by atoms with van der Waals surface area (Å²) in [5.74, 6) is 5.81. The van der Waals surface area contributed by atoms with E-state index in [4.69, 9.17) is 4.74 Å². The Morgan fingerprint density at radius 2 is 1.94 bits per heavy atom. The number of allylic oxidation sites excluding steroid dienone is 2. The highest BCUT2D eigenvalue weighted by Gasteiger charge is 2.65. The Labute approximate surface area is 210 Å². The zero-order valence-electron chi connectivity index (χ0n) is 20.4. The lowest BCUT2D eigenvalue weighted by Crippen LogP contribution is -2.50. The zero-order chi connectivity index (χ0) is 22.8. The molecule has 0 aromatic rings. The van der Waals surface area contributed by atoms with Crippen molar-refractivity contribution in [3.05, 3.63) is 11.6 Å². The van der Waals surface area contributed by atoms with Gasteiger partial charge in [0.25, 0.3) is 0 Å². The lowest BCUT2D eigenvalue weighted by Gasteiger charge is -2.58. The molecule has 4 fully saturated rings. The minimum absolute atomic E-state index is 0.00576. The second-order valence-corrected chi connectivity index (χ2v) is 32.7. The van der Waals surface area contributed by atoms with Gasteiger partial charge in [0, 0.05) is 0 Å². The first-order chi connectivity index (χ1) is 15.3. The van der Waals surface area contributed by atoms with Crippen molar-refractivity contribution < 1.29 is 4.74 Å². The minimum Gasteiger partial charge on any atom is -0.369 e. The molecule has 1 nitrogen and oxygen atoms in total. The quantitative estimate of drug-likeness (QED) is 0.238. The summed E-state index contributed by atoms with van der Waals surface area (Å²) in [5.41, 5.74) is 2.88. The van der Waals surface area contributed by atoms with Gasteiger partial charge in [-0.15, -0.1) is 26.8 Å². The third-order valence-electron chi connectivity index (χ3n) is 10.9. The highest BCUT2D eigenvalue weighted by molar-refractivity contribution is 8.93. The van der Waals surface area contributed by atoms with Gasteiger partial charge in [0.2, 0.25) is 0 Å². The topological polar surface area (TPSA) is 9.23 Å². The third kappa shape index (κ3) is 4.09. The molecule has 1 saturated heterocycles. The molecule has 17 atom stereocenters. The van der Waals surface area contributed by atoms with Crippen molar-refractivity contribution in [2.75, 3.05) is 0 Å². The molecule has 0 N–H and O–H groups in total. The second kappa shape index (κ2) is 10.1. The lowest BCUT2D eigenvalue weighted by molar-refractivity contribution is -0.0511. The molecule has 5 rings (SSSR count). The maximum atomic E-state index is 7.08. The molecule has 17 unspecified atom stereocenters. The summed E-state index contributed by atoms with van der Waals surface area (Å²) >= 11 is 0. The van der Waals surface area contributed by atoms with Gasteiger partial charge in [-0.05, 0) is 106 Å². The van der Waals surface area contributed by atoms with E-state index < -0.39 is 0 Å². The molecule has 0 amide bonds. The molecule has 0 aromatic heterocycles. The minimum atomic E-state index is 0.00576. The van der Waals surface area contributed by atoms with Crippen molar-refractivity contribution in [3.8, 4) is 0 Å². The Hall–Kier alpha value is 2.71. The summed E-state index contributed by atoms with van der Waals surface area (Å²) < 4.78 is 7.08. The predicted molar refractivity (Wildman–Crippen MR) is 162 cm³/mol. The Bertz CT molecular complexity index is 748. The number of rotatable bonds is 5. The van der Waals surface area contributed by atoms with Gasteiger partial charge in [-0.25, -0.2) is 0 Å². The van der Waals surface area contributed by atoms with Gasteiger partial charge in [-0.1, -0.05) is 61.7 Å². The fourth-order valence-corrected chi connectivity index (χ4v) is 41.7. The van der Waals surface area contributed by atoms with Crippen LogP contribution in [0.15, 0.2) is 11.6 Å². The first-order valence-corrected chi connectivity index (χ1v) is 25.3. The van der Waals surface area contributed by atoms with Gasteiger partial charge in [-0.2, -0.15) is 0 Å². The Kier molecular flexibility index (Phi) is 8.32. The van der Waals surface area contributed by atoms with Gasteiger partial charge < -0.3 is 4.74 Å². The maximum absolute atomic E-state index is 7.08. The summed E-state index contributed by atoms with van der Waals surface area (Å²) in [6.07, 6.45) is 14.7. The van der Waals surface area contributed by atoms with Crippen LogP contribution in [0.5, 0.6) is 0 Å². The summed E-state index contributed by atoms with van der Waals surface area (Å²) in [7, 11) is 11.4. The third-order valence-corrected chi connectivity index (χ3v) is 42.4. The summed E-state index contributed by atoms with van der Waals surface area (Å²) in [5, 5.41) is 0. The van der Waals surface area contributed by atoms with E-state index in [9.17, 15) is 0 Å². The summed E-state index contributed by atoms with van der Waals surface area (Å²) in [4.78, 5) is 0. The van der Waals surface area contributed by atoms with E-state index in [1.165, 1.54) is 51.4 Å². The maximum Gasteiger partial charge on any atom is 0.0885 e. The fourth-order valence-electron chi connectivity index (χ4n) is 9.27. The average molecular weight is 566 g/mol. The zero-order valence-corrected chi connectivity index (χ0v) is 27.6. The lowest BCUT2D eigenvalue weighted by atomic mass is 9.46. The largest absolute Gasteiger partial charge is 0.369 e. The molecule has 0 spiro atoms. The smallest absolute Gasteiger partial charge is 0.0885 e. The van der Waals surface area contributed by atoms with Crippen molar-refractivity contribution in [2.45, 2.75) is 91.0 Å². The van der Waals surface area contributed by atoms with E-state index in [2.05, 4.69) is 60.6 Å². The van der Waals surface area contributed by atoms with E-state index >= 15 is 0 Å². The van der Waals surface area contributed by atoms with E-state index in [1.807, 2.05) is 5.57 Å². The van der Waals surface area contributed by atoms with Crippen LogP contribution in [0.3, 0.4) is 0 Å². The van der Waals surface area contributed by atoms with Crippen LogP contribution >= 0.6 is 57.0 Å². The van der Waals surface area contributed by atoms with Crippen molar-refractivity contribution in [2.24, 2.45) is 46.3 Å². The van der Waals surface area contributed by atoms with Crippen LogP contribution in [0.2, 0.25) is 0 Å². The van der Waals surface area contributed by atoms with Crippen LogP contribution in [0.1, 0.15) is 79.1 Å². The first kappa shape index (κ1) is 26.3. The molecular weight excluding hydrogens is 521 g/mol. The molecule has 1 aliphatic heterocycles. The molecular formula is C24H45OP7. The molecule has 8 heteroatoms. The van der Waals surface area contributed by atoms with E-state index in [1.54, 1.807) is 0 Å². The number of fused-ring (bicyclic) bond motifs is 7. The van der Waals surface area contributed by atoms with Crippen molar-refractivity contribution in [3.63, 3.8) is 0 Å². The Balaban J connectivity index is 1.38. The average Bonchev–Trinajstić information content (AvgIpc) is 3.27. The molecule has 3 saturated carbocycles. The summed E-state index contributed by atoms with van der Waals surface area (Å²) in [6, 6.07) is 0. The van der Waals surface area contributed by atoms with Crippen molar-refractivity contribution in [1.29, 1.82) is 0 Å². The van der Waals surface area contributed by atoms with Crippen LogP contribution in [0.4, 0.5) is 0 Å². The number of ether oxygens (including phenoxy) is 1. The van der Waals surface area contributed by atoms with Gasteiger partial charge >= 0.3 is 0 Å². The standard InChI is InChI=1S/C24H45OP7/c1-5-15-8-10-23(3)16(12-15)6-7-17-18(23)9-11-24(4)19(17)13-20-21(24)14(2)22(25-20)31(29-26)32(28)30-27/h6,14-15,17-22,29-30H,5,7-13,26-28H2,1-4H3. The SMILES string of the molecule is CCC1CCC2(C)C(=CCC3C2CCC2(C)C3CC3OC(P(PP)P(P)PP)C(C)C32)C1. The van der Waals surface area contributed by atoms with E-state index in [0.717, 1.165) is 51.4 Å². The predicted octanol–water partition coefficient (Wildman–Crippen LogP) is 10.00. The highest BCUT2D eigenvalue weighted by atomic mass is 33.0. The second-order valence-electron chi connectivity index (χ2n) is 12.0. The van der Waals surface area contributed by atoms with E-state index in [-0.39, 0.29) is 14.3 Å². The summed E-state index contributed by atoms with van der Waals surface area (Å²) in [6.45, 7) is 10.4. The molecule has 1 heterocycles. The van der Waals surface area contributed by atoms with Gasteiger partial charge in [0.15, 0.2) is 0 Å². The number of hydrogen-bond acceptors (Lipinski definition) is 1. The van der Waals surface area contributed by atoms with Gasteiger partial charge in [0.05, 0.1) is 11.9 Å². The first-order valence-electron chi connectivity index (χ1n) is 12.9. The van der Waals surface area contributed by atoms with Gasteiger partial charge in [-0.3, -0.25) is 0 Å². The Morgan fingerprint density at radius 3 is 2.62 bits per heavy atom. The molecule has 4 aliphatic carbocycles. The normalized spacial score (nSPS) is 52.5. The van der Waals surface area contributed by atoms with Gasteiger partial charge in [0.1, 0.15) is 0 Å². The fraction of sp³-hybridized carbons (Fsp3) is 0.917. The van der Waals surface area contributed by atoms with Crippen molar-refractivity contribution in [1.82, 2.24) is 0 Å². The Morgan fingerprint density at radius 1 is 1.16 bits per heavy atom. The molecule has 0 bridgehead atoms. The monoisotopic (exact) mass is 566 g/mol. The molecule has 0 radical (unpaired) electrons. The van der Waals surface area contributed by atoms with Crippen LogP contribution in [0, 0.1) is 46.3 Å². The highest BCUT2D eigenvalue weighted by Crippen LogP contribution is 2.96. The molecule has 0 aromatic carbocycles. The molecule has 5 aliphatic rings. The van der Waals surface area contributed by atoms with Crippen LogP contribution in [0.25, 0.3) is 0 Å².